The van der Waals surface area contributed by atoms with Crippen molar-refractivity contribution >= 4 is 5.97 Å². The van der Waals surface area contributed by atoms with Gasteiger partial charge in [-0.05, 0) is 57.9 Å². The summed E-state index contributed by atoms with van der Waals surface area (Å²) in [6.45, 7) is 6.18. The molecule has 2 N–H and O–H groups in total. The molecule has 1 aliphatic heterocycles. The van der Waals surface area contributed by atoms with E-state index in [2.05, 4.69) is 5.32 Å². The van der Waals surface area contributed by atoms with Gasteiger partial charge in [0.25, 0.3) is 0 Å². The monoisotopic (exact) mass is 269 g/mol. The molecule has 1 heterocycles. The zero-order valence-corrected chi connectivity index (χ0v) is 12.2. The van der Waals surface area contributed by atoms with Crippen molar-refractivity contribution in [2.75, 3.05) is 19.8 Å². The van der Waals surface area contributed by atoms with Crippen molar-refractivity contribution in [2.45, 2.75) is 58.4 Å². The maximum absolute atomic E-state index is 11.1. The molecule has 2 fully saturated rings. The lowest BCUT2D eigenvalue weighted by atomic mass is 9.75. The van der Waals surface area contributed by atoms with Gasteiger partial charge in [0.15, 0.2) is 0 Å². The number of nitrogens with one attached hydrogen (secondary N) is 1. The van der Waals surface area contributed by atoms with E-state index in [-0.39, 0.29) is 0 Å². The van der Waals surface area contributed by atoms with Crippen LogP contribution in [0.15, 0.2) is 0 Å². The van der Waals surface area contributed by atoms with Crippen molar-refractivity contribution in [1.82, 2.24) is 5.32 Å². The van der Waals surface area contributed by atoms with Gasteiger partial charge in [-0.25, -0.2) is 0 Å². The third kappa shape index (κ3) is 3.29. The predicted octanol–water partition coefficient (Wildman–Crippen LogP) is 2.43. The van der Waals surface area contributed by atoms with Crippen molar-refractivity contribution in [3.63, 3.8) is 0 Å². The Labute approximate surface area is 115 Å². The first-order valence-electron chi connectivity index (χ1n) is 7.51. The Morgan fingerprint density at radius 3 is 2.68 bits per heavy atom. The van der Waals surface area contributed by atoms with E-state index < -0.39 is 11.4 Å². The number of hydrogen-bond donors (Lipinski definition) is 2. The molecule has 1 saturated carbocycles. The fourth-order valence-corrected chi connectivity index (χ4v) is 3.50. The van der Waals surface area contributed by atoms with E-state index >= 15 is 0 Å². The van der Waals surface area contributed by atoms with Gasteiger partial charge in [0, 0.05) is 19.3 Å². The number of aliphatic carboxylic acids is 1. The minimum Gasteiger partial charge on any atom is -0.481 e. The highest BCUT2D eigenvalue weighted by molar-refractivity contribution is 5.73. The van der Waals surface area contributed by atoms with E-state index in [1.807, 2.05) is 0 Å². The van der Waals surface area contributed by atoms with Gasteiger partial charge >= 0.3 is 5.97 Å². The maximum Gasteiger partial charge on any atom is 0.309 e. The standard InChI is InChI=1S/C15H27NO3/c1-14(2,13(17)18)6-9-16-12-4-3-5-15(12)7-10-19-11-8-15/h12,16H,3-11H2,1-2H3,(H,17,18). The second kappa shape index (κ2) is 5.80. The van der Waals surface area contributed by atoms with Crippen LogP contribution >= 0.6 is 0 Å². The Balaban J connectivity index is 1.83. The van der Waals surface area contributed by atoms with E-state index in [9.17, 15) is 4.79 Å². The number of carbonyl (C=O) groups is 1. The molecule has 1 spiro atoms. The first-order chi connectivity index (χ1) is 8.96. The number of rotatable bonds is 5. The van der Waals surface area contributed by atoms with Crippen LogP contribution in [0.2, 0.25) is 0 Å². The quantitative estimate of drug-likeness (QED) is 0.805. The first-order valence-corrected chi connectivity index (χ1v) is 7.51. The van der Waals surface area contributed by atoms with Crippen LogP contribution in [0.3, 0.4) is 0 Å². The lowest BCUT2D eigenvalue weighted by Gasteiger charge is -2.39. The molecule has 1 saturated heterocycles. The number of hydrogen-bond acceptors (Lipinski definition) is 3. The van der Waals surface area contributed by atoms with Gasteiger partial charge in [0.05, 0.1) is 5.41 Å². The highest BCUT2D eigenvalue weighted by atomic mass is 16.5. The summed E-state index contributed by atoms with van der Waals surface area (Å²) >= 11 is 0. The van der Waals surface area contributed by atoms with E-state index in [0.29, 0.717) is 17.9 Å². The molecule has 0 aromatic rings. The molecule has 1 atom stereocenters. The summed E-state index contributed by atoms with van der Waals surface area (Å²) in [7, 11) is 0. The Bertz CT molecular complexity index is 321. The minimum absolute atomic E-state index is 0.422. The number of carboxylic acid groups (broad SMARTS) is 1. The Hall–Kier alpha value is -0.610. The second-order valence-electron chi connectivity index (χ2n) is 6.81. The van der Waals surface area contributed by atoms with Crippen LogP contribution in [0, 0.1) is 10.8 Å². The molecule has 19 heavy (non-hydrogen) atoms. The lowest BCUT2D eigenvalue weighted by molar-refractivity contribution is -0.147. The molecule has 0 radical (unpaired) electrons. The Kier molecular flexibility index (Phi) is 4.51. The molecular formula is C15H27NO3. The highest BCUT2D eigenvalue weighted by Gasteiger charge is 2.43. The van der Waals surface area contributed by atoms with Crippen LogP contribution in [0.5, 0.6) is 0 Å². The van der Waals surface area contributed by atoms with Gasteiger partial charge in [-0.2, -0.15) is 0 Å². The van der Waals surface area contributed by atoms with Crippen LogP contribution in [-0.2, 0) is 9.53 Å². The van der Waals surface area contributed by atoms with E-state index in [4.69, 9.17) is 9.84 Å². The third-order valence-electron chi connectivity index (χ3n) is 5.11. The fraction of sp³-hybridized carbons (Fsp3) is 0.933. The van der Waals surface area contributed by atoms with E-state index in [0.717, 1.165) is 32.6 Å². The minimum atomic E-state index is -0.707. The molecule has 4 heteroatoms. The summed E-state index contributed by atoms with van der Waals surface area (Å²) < 4.78 is 5.49. The Morgan fingerprint density at radius 1 is 1.37 bits per heavy atom. The second-order valence-corrected chi connectivity index (χ2v) is 6.81. The van der Waals surface area contributed by atoms with Crippen molar-refractivity contribution < 1.29 is 14.6 Å². The van der Waals surface area contributed by atoms with Crippen LogP contribution < -0.4 is 5.32 Å². The average Bonchev–Trinajstić information content (AvgIpc) is 2.73. The van der Waals surface area contributed by atoms with Crippen LogP contribution in [0.25, 0.3) is 0 Å². The topological polar surface area (TPSA) is 58.6 Å². The normalized spacial score (nSPS) is 26.7. The van der Waals surface area contributed by atoms with Crippen molar-refractivity contribution in [1.29, 1.82) is 0 Å². The molecule has 2 rings (SSSR count). The smallest absolute Gasteiger partial charge is 0.309 e. The number of ether oxygens (including phenoxy) is 1. The van der Waals surface area contributed by atoms with Crippen molar-refractivity contribution in [3.05, 3.63) is 0 Å². The summed E-state index contributed by atoms with van der Waals surface area (Å²) in [5, 5.41) is 12.8. The third-order valence-corrected chi connectivity index (χ3v) is 5.11. The zero-order valence-electron chi connectivity index (χ0n) is 12.2. The summed E-state index contributed by atoms with van der Waals surface area (Å²) in [6, 6.07) is 0.556. The molecule has 1 unspecified atom stereocenters. The SMILES string of the molecule is CC(C)(CCNC1CCCC12CCOCC2)C(=O)O. The molecule has 0 amide bonds. The molecule has 4 nitrogen and oxygen atoms in total. The van der Waals surface area contributed by atoms with Gasteiger partial charge in [-0.15, -0.1) is 0 Å². The summed E-state index contributed by atoms with van der Waals surface area (Å²) in [5.74, 6) is -0.707. The van der Waals surface area contributed by atoms with Gasteiger partial charge in [-0.1, -0.05) is 6.42 Å². The van der Waals surface area contributed by atoms with Crippen LogP contribution in [0.4, 0.5) is 0 Å². The predicted molar refractivity (Wildman–Crippen MR) is 74.2 cm³/mol. The molecule has 0 aromatic carbocycles. The van der Waals surface area contributed by atoms with E-state index in [1.54, 1.807) is 13.8 Å². The van der Waals surface area contributed by atoms with Crippen molar-refractivity contribution in [2.24, 2.45) is 10.8 Å². The van der Waals surface area contributed by atoms with Gasteiger partial charge in [0.2, 0.25) is 0 Å². The molecule has 110 valence electrons. The van der Waals surface area contributed by atoms with Crippen LogP contribution in [-0.4, -0.2) is 36.9 Å². The summed E-state index contributed by atoms with van der Waals surface area (Å²) in [4.78, 5) is 11.1. The summed E-state index contributed by atoms with van der Waals surface area (Å²) in [6.07, 6.45) is 6.83. The fourth-order valence-electron chi connectivity index (χ4n) is 3.50. The molecule has 0 aromatic heterocycles. The van der Waals surface area contributed by atoms with Crippen molar-refractivity contribution in [3.8, 4) is 0 Å². The first kappa shape index (κ1) is 14.8. The van der Waals surface area contributed by atoms with Crippen LogP contribution in [0.1, 0.15) is 52.4 Å². The van der Waals surface area contributed by atoms with Gasteiger partial charge in [-0.3, -0.25) is 4.79 Å². The van der Waals surface area contributed by atoms with Gasteiger partial charge < -0.3 is 15.2 Å². The number of carboxylic acids is 1. The van der Waals surface area contributed by atoms with E-state index in [1.165, 1.54) is 19.3 Å². The maximum atomic E-state index is 11.1. The lowest BCUT2D eigenvalue weighted by Crippen LogP contribution is -2.45. The highest BCUT2D eigenvalue weighted by Crippen LogP contribution is 2.46. The Morgan fingerprint density at radius 2 is 2.05 bits per heavy atom. The molecule has 2 aliphatic rings. The molecular weight excluding hydrogens is 242 g/mol. The largest absolute Gasteiger partial charge is 0.481 e. The zero-order chi connectivity index (χ0) is 13.9. The molecule has 0 bridgehead atoms. The summed E-state index contributed by atoms with van der Waals surface area (Å²) in [5.41, 5.74) is -0.208. The van der Waals surface area contributed by atoms with Gasteiger partial charge in [0.1, 0.15) is 0 Å². The molecule has 1 aliphatic carbocycles. The average molecular weight is 269 g/mol.